The predicted octanol–water partition coefficient (Wildman–Crippen LogP) is 2.85. The number of rotatable bonds is 7. The molecule has 4 rings (SSSR count). The number of hydrogen-bond donors (Lipinski definition) is 3. The van der Waals surface area contributed by atoms with Gasteiger partial charge in [0.1, 0.15) is 11.3 Å². The van der Waals surface area contributed by atoms with Crippen LogP contribution < -0.4 is 16.2 Å². The first-order valence-electron chi connectivity index (χ1n) is 10.1. The Balaban J connectivity index is 1.44. The van der Waals surface area contributed by atoms with E-state index in [0.717, 1.165) is 35.2 Å². The third-order valence-corrected chi connectivity index (χ3v) is 4.87. The maximum Gasteiger partial charge on any atom is 0.270 e. The molecule has 4 aromatic rings. The van der Waals surface area contributed by atoms with E-state index in [-0.39, 0.29) is 17.2 Å². The van der Waals surface area contributed by atoms with Gasteiger partial charge in [-0.25, -0.2) is 4.98 Å². The second-order valence-corrected chi connectivity index (χ2v) is 7.83. The summed E-state index contributed by atoms with van der Waals surface area (Å²) in [7, 11) is 0. The molecule has 1 aromatic carbocycles. The van der Waals surface area contributed by atoms with Crippen molar-refractivity contribution in [3.05, 3.63) is 82.0 Å². The molecule has 3 aromatic heterocycles. The summed E-state index contributed by atoms with van der Waals surface area (Å²) in [6.45, 7) is 6.48. The first-order chi connectivity index (χ1) is 14.5. The Labute approximate surface area is 174 Å². The number of carbonyl (C=O) groups is 1. The zero-order valence-corrected chi connectivity index (χ0v) is 17.1. The predicted molar refractivity (Wildman–Crippen MR) is 117 cm³/mol. The van der Waals surface area contributed by atoms with Crippen LogP contribution in [0.2, 0.25) is 0 Å². The molecule has 0 bridgehead atoms. The van der Waals surface area contributed by atoms with E-state index in [9.17, 15) is 9.59 Å². The summed E-state index contributed by atoms with van der Waals surface area (Å²) in [5.74, 6) is 0.238. The summed E-state index contributed by atoms with van der Waals surface area (Å²) in [5, 5.41) is 7.41. The number of pyridine rings is 1. The Hall–Kier alpha value is -3.45. The Morgan fingerprint density at radius 2 is 2.00 bits per heavy atom. The number of nitrogens with one attached hydrogen (secondary N) is 3. The number of hydrogen-bond acceptors (Lipinski definition) is 4. The largest absolute Gasteiger partial charge is 0.357 e. The first kappa shape index (κ1) is 19.8. The van der Waals surface area contributed by atoms with Crippen molar-refractivity contribution in [2.24, 2.45) is 5.92 Å². The summed E-state index contributed by atoms with van der Waals surface area (Å²) in [6, 6.07) is 14.7. The summed E-state index contributed by atoms with van der Waals surface area (Å²) in [6.07, 6.45) is 1.63. The highest BCUT2D eigenvalue weighted by Crippen LogP contribution is 2.17. The van der Waals surface area contributed by atoms with Crippen LogP contribution in [0.15, 0.2) is 59.5 Å². The SMILES string of the molecule is CC(C)CNCc1cc2ccc(CNC(=O)c3cc(=O)n4ccccc4n3)cc2[nH]1. The molecule has 3 heterocycles. The number of aromatic nitrogens is 3. The minimum absolute atomic E-state index is 0.116. The smallest absolute Gasteiger partial charge is 0.270 e. The lowest BCUT2D eigenvalue weighted by atomic mass is 10.1. The summed E-state index contributed by atoms with van der Waals surface area (Å²) in [4.78, 5) is 32.4. The van der Waals surface area contributed by atoms with E-state index in [0.29, 0.717) is 18.1 Å². The molecule has 1 amide bonds. The van der Waals surface area contributed by atoms with E-state index in [2.05, 4.69) is 40.5 Å². The highest BCUT2D eigenvalue weighted by atomic mass is 16.2. The highest BCUT2D eigenvalue weighted by Gasteiger charge is 2.11. The van der Waals surface area contributed by atoms with Crippen molar-refractivity contribution in [3.8, 4) is 0 Å². The minimum Gasteiger partial charge on any atom is -0.357 e. The van der Waals surface area contributed by atoms with Gasteiger partial charge in [0, 0.05) is 36.6 Å². The maximum absolute atomic E-state index is 12.5. The molecule has 7 nitrogen and oxygen atoms in total. The molecule has 3 N–H and O–H groups in total. The van der Waals surface area contributed by atoms with E-state index in [1.54, 1.807) is 24.4 Å². The number of fused-ring (bicyclic) bond motifs is 2. The summed E-state index contributed by atoms with van der Waals surface area (Å²) >= 11 is 0. The van der Waals surface area contributed by atoms with Crippen molar-refractivity contribution < 1.29 is 4.79 Å². The van der Waals surface area contributed by atoms with Crippen molar-refractivity contribution in [3.63, 3.8) is 0 Å². The molecule has 7 heteroatoms. The van der Waals surface area contributed by atoms with Crippen molar-refractivity contribution >= 4 is 22.5 Å². The van der Waals surface area contributed by atoms with Crippen molar-refractivity contribution in [1.82, 2.24) is 25.0 Å². The van der Waals surface area contributed by atoms with Crippen LogP contribution in [0.4, 0.5) is 0 Å². The van der Waals surface area contributed by atoms with Gasteiger partial charge in [-0.1, -0.05) is 32.0 Å². The zero-order valence-electron chi connectivity index (χ0n) is 17.1. The first-order valence-corrected chi connectivity index (χ1v) is 10.1. The molecule has 0 saturated heterocycles. The Morgan fingerprint density at radius 1 is 1.13 bits per heavy atom. The monoisotopic (exact) mass is 403 g/mol. The van der Waals surface area contributed by atoms with Gasteiger partial charge in [0.15, 0.2) is 0 Å². The van der Waals surface area contributed by atoms with E-state index in [1.165, 1.54) is 10.5 Å². The fourth-order valence-corrected chi connectivity index (χ4v) is 3.38. The van der Waals surface area contributed by atoms with Crippen LogP contribution in [-0.4, -0.2) is 26.8 Å². The lowest BCUT2D eigenvalue weighted by Gasteiger charge is -2.06. The van der Waals surface area contributed by atoms with Gasteiger partial charge >= 0.3 is 0 Å². The molecule has 0 aliphatic rings. The standard InChI is InChI=1S/C23H25N5O2/c1-15(2)12-24-14-18-10-17-7-6-16(9-19(17)26-18)13-25-23(30)20-11-22(29)28-8-4-3-5-21(28)27-20/h3-11,15,24,26H,12-14H2,1-2H3,(H,25,30). The number of aromatic amines is 1. The molecule has 0 aliphatic heterocycles. The van der Waals surface area contributed by atoms with Gasteiger partial charge in [0.2, 0.25) is 0 Å². The second-order valence-electron chi connectivity index (χ2n) is 7.83. The Morgan fingerprint density at radius 3 is 2.83 bits per heavy atom. The average molecular weight is 403 g/mol. The Kier molecular flexibility index (Phi) is 5.63. The van der Waals surface area contributed by atoms with Gasteiger partial charge in [-0.05, 0) is 47.7 Å². The molecule has 0 atom stereocenters. The zero-order chi connectivity index (χ0) is 21.1. The van der Waals surface area contributed by atoms with Crippen molar-refractivity contribution in [2.75, 3.05) is 6.54 Å². The summed E-state index contributed by atoms with van der Waals surface area (Å²) in [5.41, 5.74) is 3.42. The molecule has 30 heavy (non-hydrogen) atoms. The van der Waals surface area contributed by atoms with Crippen LogP contribution in [0.5, 0.6) is 0 Å². The highest BCUT2D eigenvalue weighted by molar-refractivity contribution is 5.92. The third kappa shape index (κ3) is 4.41. The van der Waals surface area contributed by atoms with E-state index in [4.69, 9.17) is 0 Å². The lowest BCUT2D eigenvalue weighted by Crippen LogP contribution is -2.26. The molecule has 0 saturated carbocycles. The van der Waals surface area contributed by atoms with Gasteiger partial charge in [-0.15, -0.1) is 0 Å². The van der Waals surface area contributed by atoms with E-state index < -0.39 is 0 Å². The number of carbonyl (C=O) groups excluding carboxylic acids is 1. The van der Waals surface area contributed by atoms with Crippen LogP contribution in [0.25, 0.3) is 16.6 Å². The third-order valence-electron chi connectivity index (χ3n) is 4.87. The van der Waals surface area contributed by atoms with E-state index in [1.807, 2.05) is 18.2 Å². The molecule has 154 valence electrons. The number of nitrogens with zero attached hydrogens (tertiary/aromatic N) is 2. The fraction of sp³-hybridized carbons (Fsp3) is 0.261. The van der Waals surface area contributed by atoms with Crippen LogP contribution in [-0.2, 0) is 13.1 Å². The number of amides is 1. The molecule has 0 fully saturated rings. The molecule has 0 radical (unpaired) electrons. The fourth-order valence-electron chi connectivity index (χ4n) is 3.38. The molecule has 0 aliphatic carbocycles. The van der Waals surface area contributed by atoms with Crippen LogP contribution in [0, 0.1) is 5.92 Å². The van der Waals surface area contributed by atoms with Gasteiger partial charge in [0.25, 0.3) is 11.5 Å². The normalized spacial score (nSPS) is 11.4. The molecular formula is C23H25N5O2. The lowest BCUT2D eigenvalue weighted by molar-refractivity contribution is 0.0946. The summed E-state index contributed by atoms with van der Waals surface area (Å²) < 4.78 is 1.41. The quantitative estimate of drug-likeness (QED) is 0.443. The van der Waals surface area contributed by atoms with Crippen molar-refractivity contribution in [1.29, 1.82) is 0 Å². The van der Waals surface area contributed by atoms with Crippen molar-refractivity contribution in [2.45, 2.75) is 26.9 Å². The van der Waals surface area contributed by atoms with Gasteiger partial charge in [-0.3, -0.25) is 14.0 Å². The second kappa shape index (κ2) is 8.51. The van der Waals surface area contributed by atoms with Crippen LogP contribution >= 0.6 is 0 Å². The average Bonchev–Trinajstić information content (AvgIpc) is 3.13. The van der Waals surface area contributed by atoms with E-state index >= 15 is 0 Å². The van der Waals surface area contributed by atoms with Gasteiger partial charge < -0.3 is 15.6 Å². The minimum atomic E-state index is -0.372. The molecular weight excluding hydrogens is 378 g/mol. The topological polar surface area (TPSA) is 91.3 Å². The number of H-pyrrole nitrogens is 1. The van der Waals surface area contributed by atoms with Gasteiger partial charge in [-0.2, -0.15) is 0 Å². The maximum atomic E-state index is 12.5. The van der Waals surface area contributed by atoms with Gasteiger partial charge in [0.05, 0.1) is 0 Å². The number of benzene rings is 1. The Bertz CT molecular complexity index is 1260. The van der Waals surface area contributed by atoms with Crippen LogP contribution in [0.1, 0.15) is 35.6 Å². The van der Waals surface area contributed by atoms with Crippen LogP contribution in [0.3, 0.4) is 0 Å². The molecule has 0 unspecified atom stereocenters. The molecule has 0 spiro atoms.